The highest BCUT2D eigenvalue weighted by molar-refractivity contribution is 7.46. The first-order valence-corrected chi connectivity index (χ1v) is 3.46. The molecule has 1 atom stereocenters. The van der Waals surface area contributed by atoms with Crippen molar-refractivity contribution in [3.63, 3.8) is 0 Å². The maximum absolute atomic E-state index is 9.87. The zero-order valence-electron chi connectivity index (χ0n) is 3.85. The summed E-state index contributed by atoms with van der Waals surface area (Å²) in [6.07, 6.45) is -0.671. The molecule has 0 radical (unpaired) electrons. The highest BCUT2D eigenvalue weighted by Crippen LogP contribution is 2.40. The van der Waals surface area contributed by atoms with Crippen LogP contribution in [0.4, 0.5) is 0 Å². The molecule has 0 spiro atoms. The summed E-state index contributed by atoms with van der Waals surface area (Å²) < 4.78 is 18.2. The number of hydrogen-bond donors (Lipinski definition) is 2. The summed E-state index contributed by atoms with van der Waals surface area (Å²) in [5.41, 5.74) is 0. The second-order valence-electron chi connectivity index (χ2n) is 1.36. The molecule has 1 saturated heterocycles. The van der Waals surface area contributed by atoms with Crippen LogP contribution in [0.25, 0.3) is 0 Å². The molecule has 0 amide bonds. The van der Waals surface area contributed by atoms with Crippen LogP contribution in [0.2, 0.25) is 0 Å². The van der Waals surface area contributed by atoms with Crippen LogP contribution in [-0.2, 0) is 13.8 Å². The van der Waals surface area contributed by atoms with Crippen LogP contribution in [-0.4, -0.2) is 22.7 Å². The van der Waals surface area contributed by atoms with Crippen molar-refractivity contribution in [1.29, 1.82) is 0 Å². The number of phosphoric acid groups is 1. The van der Waals surface area contributed by atoms with Crippen molar-refractivity contribution in [3.8, 4) is 0 Å². The predicted octanol–water partition coefficient (Wildman–Crippen LogP) is -0.548. The minimum Gasteiger partial charge on any atom is -0.344 e. The minimum atomic E-state index is -4.28. The Bertz CT molecular complexity index is 122. The third-order valence-corrected chi connectivity index (χ3v) is 1.07. The molecular formula is C2H5O5P. The van der Waals surface area contributed by atoms with E-state index in [9.17, 15) is 4.57 Å². The van der Waals surface area contributed by atoms with Crippen molar-refractivity contribution in [2.45, 2.75) is 6.29 Å². The van der Waals surface area contributed by atoms with Crippen LogP contribution in [0.3, 0.4) is 0 Å². The van der Waals surface area contributed by atoms with Gasteiger partial charge in [0.1, 0.15) is 6.61 Å². The van der Waals surface area contributed by atoms with E-state index in [2.05, 4.69) is 9.26 Å². The van der Waals surface area contributed by atoms with Crippen LogP contribution >= 0.6 is 7.82 Å². The number of hydrogen-bond acceptors (Lipinski definition) is 3. The fourth-order valence-electron chi connectivity index (χ4n) is 0.253. The third kappa shape index (κ3) is 2.40. The molecule has 1 fully saturated rings. The lowest BCUT2D eigenvalue weighted by Crippen LogP contribution is -1.90. The largest absolute Gasteiger partial charge is 0.472 e. The average Bonchev–Trinajstić information content (AvgIpc) is 2.12. The lowest BCUT2D eigenvalue weighted by molar-refractivity contribution is 0.124. The van der Waals surface area contributed by atoms with Gasteiger partial charge in [0.25, 0.3) is 0 Å². The third-order valence-electron chi connectivity index (χ3n) is 0.558. The van der Waals surface area contributed by atoms with Crippen molar-refractivity contribution < 1.29 is 23.6 Å². The van der Waals surface area contributed by atoms with E-state index in [4.69, 9.17) is 9.79 Å². The Hall–Kier alpha value is 0.0700. The molecule has 2 N–H and O–H groups in total. The van der Waals surface area contributed by atoms with Crippen molar-refractivity contribution >= 4 is 7.82 Å². The number of epoxide rings is 1. The quantitative estimate of drug-likeness (QED) is 0.397. The molecule has 48 valence electrons. The molecule has 6 heteroatoms. The molecule has 1 aliphatic rings. The number of phosphoric ester groups is 1. The second kappa shape index (κ2) is 1.79. The zero-order chi connectivity index (χ0) is 6.20. The van der Waals surface area contributed by atoms with E-state index in [1.807, 2.05) is 0 Å². The number of ether oxygens (including phenoxy) is 1. The van der Waals surface area contributed by atoms with Gasteiger partial charge >= 0.3 is 7.82 Å². The van der Waals surface area contributed by atoms with Gasteiger partial charge in [0.05, 0.1) is 0 Å². The molecule has 0 aromatic carbocycles. The molecule has 5 nitrogen and oxygen atoms in total. The van der Waals surface area contributed by atoms with E-state index in [0.717, 1.165) is 0 Å². The molecule has 0 bridgehead atoms. The average molecular weight is 140 g/mol. The maximum atomic E-state index is 9.87. The summed E-state index contributed by atoms with van der Waals surface area (Å²) in [6.45, 7) is 0.283. The highest BCUT2D eigenvalue weighted by atomic mass is 31.2. The minimum absolute atomic E-state index is 0.283. The number of rotatable bonds is 2. The van der Waals surface area contributed by atoms with E-state index in [1.54, 1.807) is 0 Å². The Morgan fingerprint density at radius 3 is 2.38 bits per heavy atom. The summed E-state index contributed by atoms with van der Waals surface area (Å²) in [7, 11) is -4.28. The molecule has 0 aliphatic carbocycles. The van der Waals surface area contributed by atoms with Crippen molar-refractivity contribution in [3.05, 3.63) is 0 Å². The van der Waals surface area contributed by atoms with E-state index >= 15 is 0 Å². The van der Waals surface area contributed by atoms with Gasteiger partial charge in [-0.05, 0) is 0 Å². The van der Waals surface area contributed by atoms with Crippen molar-refractivity contribution in [2.24, 2.45) is 0 Å². The standard InChI is InChI=1S/C2H5O5P/c3-8(4,5)7-2-1-6-2/h2H,1H2,(H2,3,4,5). The van der Waals surface area contributed by atoms with E-state index in [1.165, 1.54) is 0 Å². The first-order valence-electron chi connectivity index (χ1n) is 1.93. The van der Waals surface area contributed by atoms with Gasteiger partial charge in [-0.3, -0.25) is 4.52 Å². The van der Waals surface area contributed by atoms with Gasteiger partial charge in [-0.2, -0.15) is 0 Å². The second-order valence-corrected chi connectivity index (χ2v) is 2.55. The monoisotopic (exact) mass is 140 g/mol. The molecule has 1 aliphatic heterocycles. The molecule has 1 heterocycles. The normalized spacial score (nSPS) is 28.0. The Morgan fingerprint density at radius 1 is 1.75 bits per heavy atom. The predicted molar refractivity (Wildman–Crippen MR) is 22.9 cm³/mol. The molecule has 1 unspecified atom stereocenters. The van der Waals surface area contributed by atoms with Crippen LogP contribution < -0.4 is 0 Å². The Labute approximate surface area is 45.5 Å². The Balaban J connectivity index is 2.26. The first kappa shape index (κ1) is 6.19. The topological polar surface area (TPSA) is 79.3 Å². The molecular weight excluding hydrogens is 135 g/mol. The molecule has 0 saturated carbocycles. The van der Waals surface area contributed by atoms with E-state index < -0.39 is 14.1 Å². The summed E-state index contributed by atoms with van der Waals surface area (Å²) >= 11 is 0. The van der Waals surface area contributed by atoms with Gasteiger partial charge in [-0.15, -0.1) is 0 Å². The summed E-state index contributed by atoms with van der Waals surface area (Å²) in [4.78, 5) is 16.1. The van der Waals surface area contributed by atoms with Gasteiger partial charge in [0, 0.05) is 0 Å². The van der Waals surface area contributed by atoms with Gasteiger partial charge in [0.2, 0.25) is 0 Å². The lowest BCUT2D eigenvalue weighted by atomic mass is 10.9. The first-order chi connectivity index (χ1) is 3.58. The van der Waals surface area contributed by atoms with Crippen LogP contribution in [0.5, 0.6) is 0 Å². The highest BCUT2D eigenvalue weighted by Gasteiger charge is 2.31. The van der Waals surface area contributed by atoms with Crippen LogP contribution in [0.15, 0.2) is 0 Å². The molecule has 0 aromatic heterocycles. The zero-order valence-corrected chi connectivity index (χ0v) is 4.75. The SMILES string of the molecule is O=P(O)(O)OC1CO1. The molecule has 0 aromatic rings. The van der Waals surface area contributed by atoms with Gasteiger partial charge in [-0.25, -0.2) is 4.57 Å². The fourth-order valence-corrected chi connectivity index (χ4v) is 0.681. The Kier molecular flexibility index (Phi) is 1.38. The lowest BCUT2D eigenvalue weighted by Gasteiger charge is -1.97. The molecule has 8 heavy (non-hydrogen) atoms. The van der Waals surface area contributed by atoms with E-state index in [-0.39, 0.29) is 6.61 Å². The summed E-state index contributed by atoms with van der Waals surface area (Å²) in [5, 5.41) is 0. The Morgan fingerprint density at radius 2 is 2.25 bits per heavy atom. The summed E-state index contributed by atoms with van der Waals surface area (Å²) in [6, 6.07) is 0. The van der Waals surface area contributed by atoms with Crippen molar-refractivity contribution in [1.82, 2.24) is 0 Å². The maximum Gasteiger partial charge on any atom is 0.472 e. The fraction of sp³-hybridized carbons (Fsp3) is 1.00. The summed E-state index contributed by atoms with van der Waals surface area (Å²) in [5.74, 6) is 0. The smallest absolute Gasteiger partial charge is 0.344 e. The molecule has 1 rings (SSSR count). The van der Waals surface area contributed by atoms with Crippen LogP contribution in [0, 0.1) is 0 Å². The van der Waals surface area contributed by atoms with Gasteiger partial charge < -0.3 is 14.5 Å². The van der Waals surface area contributed by atoms with Crippen LogP contribution in [0.1, 0.15) is 0 Å². The van der Waals surface area contributed by atoms with Gasteiger partial charge in [0.15, 0.2) is 6.29 Å². The van der Waals surface area contributed by atoms with E-state index in [0.29, 0.717) is 0 Å². The van der Waals surface area contributed by atoms with Crippen molar-refractivity contribution in [2.75, 3.05) is 6.61 Å². The van der Waals surface area contributed by atoms with Gasteiger partial charge in [-0.1, -0.05) is 0 Å².